The fourth-order valence-corrected chi connectivity index (χ4v) is 2.59. The standard InChI is InChI=1S/C13H15N3S2/c1-8-3-4-12(11(5-8)13(14)17)16-7-10-6-15-9(2)18-10/h3-6,16H,7H2,1-2H3,(H2,14,17). The van der Waals surface area contributed by atoms with E-state index in [2.05, 4.69) is 10.3 Å². The molecule has 3 N–H and O–H groups in total. The summed E-state index contributed by atoms with van der Waals surface area (Å²) in [5.41, 5.74) is 8.75. The van der Waals surface area contributed by atoms with Crippen molar-refractivity contribution in [2.45, 2.75) is 20.4 Å². The predicted octanol–water partition coefficient (Wildman–Crippen LogP) is 3.01. The van der Waals surface area contributed by atoms with Gasteiger partial charge in [0.1, 0.15) is 4.99 Å². The third-order valence-corrected chi connectivity index (χ3v) is 3.70. The number of hydrogen-bond acceptors (Lipinski definition) is 4. The van der Waals surface area contributed by atoms with E-state index in [-0.39, 0.29) is 0 Å². The maximum Gasteiger partial charge on any atom is 0.106 e. The minimum absolute atomic E-state index is 0.418. The normalized spacial score (nSPS) is 10.3. The summed E-state index contributed by atoms with van der Waals surface area (Å²) >= 11 is 6.76. The van der Waals surface area contributed by atoms with Gasteiger partial charge in [-0.2, -0.15) is 0 Å². The lowest BCUT2D eigenvalue weighted by Gasteiger charge is -2.11. The lowest BCUT2D eigenvalue weighted by atomic mass is 10.1. The van der Waals surface area contributed by atoms with Crippen LogP contribution in [0.3, 0.4) is 0 Å². The summed E-state index contributed by atoms with van der Waals surface area (Å²) in [5.74, 6) is 0. The third kappa shape index (κ3) is 3.05. The summed E-state index contributed by atoms with van der Waals surface area (Å²) in [5, 5.41) is 4.43. The van der Waals surface area contributed by atoms with Gasteiger partial charge in [0.2, 0.25) is 0 Å². The van der Waals surface area contributed by atoms with Crippen LogP contribution in [0.4, 0.5) is 5.69 Å². The number of thiazole rings is 1. The van der Waals surface area contributed by atoms with Crippen molar-refractivity contribution in [3.8, 4) is 0 Å². The molecule has 18 heavy (non-hydrogen) atoms. The van der Waals surface area contributed by atoms with E-state index in [9.17, 15) is 0 Å². The summed E-state index contributed by atoms with van der Waals surface area (Å²) in [6.45, 7) is 4.77. The van der Waals surface area contributed by atoms with Crippen molar-refractivity contribution < 1.29 is 0 Å². The highest BCUT2D eigenvalue weighted by atomic mass is 32.1. The Balaban J connectivity index is 2.16. The van der Waals surface area contributed by atoms with Gasteiger partial charge in [0.05, 0.1) is 11.6 Å². The van der Waals surface area contributed by atoms with Gasteiger partial charge in [0, 0.05) is 22.3 Å². The zero-order valence-electron chi connectivity index (χ0n) is 10.4. The molecule has 2 rings (SSSR count). The molecule has 1 aromatic carbocycles. The number of rotatable bonds is 4. The second-order valence-corrected chi connectivity index (χ2v) is 5.87. The fraction of sp³-hybridized carbons (Fsp3) is 0.231. The van der Waals surface area contributed by atoms with Crippen molar-refractivity contribution in [2.24, 2.45) is 5.73 Å². The Kier molecular flexibility index (Phi) is 3.93. The molecule has 0 bridgehead atoms. The maximum atomic E-state index is 5.74. The van der Waals surface area contributed by atoms with E-state index >= 15 is 0 Å². The average molecular weight is 277 g/mol. The van der Waals surface area contributed by atoms with Crippen LogP contribution in [-0.2, 0) is 6.54 Å². The van der Waals surface area contributed by atoms with Crippen molar-refractivity contribution in [1.29, 1.82) is 0 Å². The fourth-order valence-electron chi connectivity index (χ4n) is 1.69. The van der Waals surface area contributed by atoms with Crippen molar-refractivity contribution in [3.63, 3.8) is 0 Å². The van der Waals surface area contributed by atoms with Crippen LogP contribution < -0.4 is 11.1 Å². The summed E-state index contributed by atoms with van der Waals surface area (Å²) in [6, 6.07) is 6.06. The largest absolute Gasteiger partial charge is 0.389 e. The molecule has 0 aliphatic carbocycles. The second kappa shape index (κ2) is 5.46. The zero-order valence-corrected chi connectivity index (χ0v) is 12.0. The molecule has 1 heterocycles. The second-order valence-electron chi connectivity index (χ2n) is 4.11. The Morgan fingerprint density at radius 3 is 2.83 bits per heavy atom. The number of nitrogens with two attached hydrogens (primary N) is 1. The van der Waals surface area contributed by atoms with E-state index in [1.54, 1.807) is 11.3 Å². The molecule has 0 radical (unpaired) electrons. The number of hydrogen-bond donors (Lipinski definition) is 2. The first-order valence-corrected chi connectivity index (χ1v) is 6.84. The number of thiocarbonyl (C=S) groups is 1. The quantitative estimate of drug-likeness (QED) is 0.844. The molecular formula is C13H15N3S2. The van der Waals surface area contributed by atoms with E-state index in [4.69, 9.17) is 18.0 Å². The molecule has 0 saturated heterocycles. The molecular weight excluding hydrogens is 262 g/mol. The van der Waals surface area contributed by atoms with Gasteiger partial charge in [0.25, 0.3) is 0 Å². The summed E-state index contributed by atoms with van der Waals surface area (Å²) in [6.07, 6.45) is 1.89. The van der Waals surface area contributed by atoms with Gasteiger partial charge in [-0.3, -0.25) is 0 Å². The number of aryl methyl sites for hydroxylation is 2. The highest BCUT2D eigenvalue weighted by Crippen LogP contribution is 2.19. The first-order valence-electron chi connectivity index (χ1n) is 5.62. The molecule has 0 aliphatic heterocycles. The molecule has 2 aromatic rings. The third-order valence-electron chi connectivity index (χ3n) is 2.56. The van der Waals surface area contributed by atoms with E-state index in [1.165, 1.54) is 4.88 Å². The van der Waals surface area contributed by atoms with Crippen molar-refractivity contribution in [3.05, 3.63) is 45.4 Å². The molecule has 0 amide bonds. The number of anilines is 1. The number of aromatic nitrogens is 1. The van der Waals surface area contributed by atoms with Gasteiger partial charge in [0.15, 0.2) is 0 Å². The minimum Gasteiger partial charge on any atom is -0.389 e. The summed E-state index contributed by atoms with van der Waals surface area (Å²) in [7, 11) is 0. The van der Waals surface area contributed by atoms with E-state index in [0.29, 0.717) is 4.99 Å². The van der Waals surface area contributed by atoms with Gasteiger partial charge in [-0.15, -0.1) is 11.3 Å². The number of nitrogens with zero attached hydrogens (tertiary/aromatic N) is 1. The first-order chi connectivity index (χ1) is 8.56. The van der Waals surface area contributed by atoms with Crippen molar-refractivity contribution in [1.82, 2.24) is 4.98 Å². The van der Waals surface area contributed by atoms with Crippen LogP contribution in [0.15, 0.2) is 24.4 Å². The summed E-state index contributed by atoms with van der Waals surface area (Å²) in [4.78, 5) is 5.84. The Morgan fingerprint density at radius 2 is 2.22 bits per heavy atom. The molecule has 0 fully saturated rings. The van der Waals surface area contributed by atoms with Gasteiger partial charge >= 0.3 is 0 Å². The van der Waals surface area contributed by atoms with Gasteiger partial charge in [-0.25, -0.2) is 4.98 Å². The maximum absolute atomic E-state index is 5.74. The number of benzene rings is 1. The molecule has 0 spiro atoms. The van der Waals surface area contributed by atoms with Crippen LogP contribution >= 0.6 is 23.6 Å². The van der Waals surface area contributed by atoms with E-state index < -0.39 is 0 Å². The van der Waals surface area contributed by atoms with Crippen LogP contribution in [0.2, 0.25) is 0 Å². The molecule has 1 aromatic heterocycles. The van der Waals surface area contributed by atoms with Gasteiger partial charge in [-0.1, -0.05) is 23.8 Å². The molecule has 5 heteroatoms. The first kappa shape index (κ1) is 13.0. The van der Waals surface area contributed by atoms with Crippen LogP contribution in [0.5, 0.6) is 0 Å². The Bertz CT molecular complexity index is 575. The van der Waals surface area contributed by atoms with Crippen molar-refractivity contribution in [2.75, 3.05) is 5.32 Å². The van der Waals surface area contributed by atoms with Crippen molar-refractivity contribution >= 4 is 34.2 Å². The lowest BCUT2D eigenvalue weighted by molar-refractivity contribution is 1.16. The molecule has 3 nitrogen and oxygen atoms in total. The highest BCUT2D eigenvalue weighted by Gasteiger charge is 2.06. The van der Waals surface area contributed by atoms with E-state index in [0.717, 1.165) is 28.4 Å². The molecule has 0 saturated carbocycles. The summed E-state index contributed by atoms with van der Waals surface area (Å²) < 4.78 is 0. The topological polar surface area (TPSA) is 50.9 Å². The SMILES string of the molecule is Cc1ccc(NCc2cnc(C)s2)c(C(N)=S)c1. The van der Waals surface area contributed by atoms with Crippen LogP contribution in [0, 0.1) is 13.8 Å². The van der Waals surface area contributed by atoms with Crippen LogP contribution in [0.1, 0.15) is 21.0 Å². The van der Waals surface area contributed by atoms with Gasteiger partial charge < -0.3 is 11.1 Å². The van der Waals surface area contributed by atoms with E-state index in [1.807, 2.05) is 38.2 Å². The molecule has 0 unspecified atom stereocenters. The molecule has 0 aliphatic rings. The Hall–Kier alpha value is -1.46. The monoisotopic (exact) mass is 277 g/mol. The highest BCUT2D eigenvalue weighted by molar-refractivity contribution is 7.80. The predicted molar refractivity (Wildman–Crippen MR) is 81.2 cm³/mol. The number of nitrogens with one attached hydrogen (secondary N) is 1. The smallest absolute Gasteiger partial charge is 0.106 e. The Labute approximate surface area is 116 Å². The van der Waals surface area contributed by atoms with Crippen LogP contribution in [-0.4, -0.2) is 9.97 Å². The molecule has 0 atom stereocenters. The van der Waals surface area contributed by atoms with Crippen LogP contribution in [0.25, 0.3) is 0 Å². The molecule has 94 valence electrons. The Morgan fingerprint density at radius 1 is 1.44 bits per heavy atom. The van der Waals surface area contributed by atoms with Gasteiger partial charge in [-0.05, 0) is 26.0 Å². The zero-order chi connectivity index (χ0) is 13.1. The lowest BCUT2D eigenvalue weighted by Crippen LogP contribution is -2.13. The average Bonchev–Trinajstić information content (AvgIpc) is 2.73. The minimum atomic E-state index is 0.418.